The van der Waals surface area contributed by atoms with E-state index in [9.17, 15) is 4.79 Å². The Kier molecular flexibility index (Phi) is 5.81. The fourth-order valence-electron chi connectivity index (χ4n) is 3.42. The average molecular weight is 353 g/mol. The first kappa shape index (κ1) is 18.3. The molecule has 0 saturated carbocycles. The van der Waals surface area contributed by atoms with E-state index in [-0.39, 0.29) is 17.9 Å². The molecule has 1 N–H and O–H groups in total. The smallest absolute Gasteiger partial charge is 0.225 e. The van der Waals surface area contributed by atoms with Crippen LogP contribution in [0.4, 0.5) is 5.95 Å². The highest BCUT2D eigenvalue weighted by Gasteiger charge is 2.27. The lowest BCUT2D eigenvalue weighted by Crippen LogP contribution is -2.36. The van der Waals surface area contributed by atoms with Gasteiger partial charge in [0.1, 0.15) is 0 Å². The van der Waals surface area contributed by atoms with Crippen LogP contribution < -0.4 is 10.2 Å². The largest absolute Gasteiger partial charge is 0.348 e. The van der Waals surface area contributed by atoms with Crippen molar-refractivity contribution in [2.24, 2.45) is 5.92 Å². The van der Waals surface area contributed by atoms with Crippen LogP contribution in [0.15, 0.2) is 30.6 Å². The van der Waals surface area contributed by atoms with E-state index in [1.807, 2.05) is 31.3 Å². The zero-order valence-corrected chi connectivity index (χ0v) is 15.8. The highest BCUT2D eigenvalue weighted by Crippen LogP contribution is 2.26. The molecule has 0 radical (unpaired) electrons. The molecule has 3 rings (SSSR count). The average Bonchev–Trinajstić information content (AvgIpc) is 2.69. The Morgan fingerprint density at radius 1 is 1.31 bits per heavy atom. The summed E-state index contributed by atoms with van der Waals surface area (Å²) in [4.78, 5) is 28.4. The van der Waals surface area contributed by atoms with Crippen LogP contribution >= 0.6 is 0 Å². The first-order chi connectivity index (χ1) is 12.6. The summed E-state index contributed by atoms with van der Waals surface area (Å²) >= 11 is 0. The topological polar surface area (TPSA) is 71.0 Å². The molecule has 1 amide bonds. The van der Waals surface area contributed by atoms with Gasteiger partial charge in [-0.1, -0.05) is 6.07 Å². The molecular weight excluding hydrogens is 326 g/mol. The normalized spacial score (nSPS) is 17.3. The molecule has 0 fully saturated rings. The molecule has 0 aromatic carbocycles. The second-order valence-corrected chi connectivity index (χ2v) is 6.74. The van der Waals surface area contributed by atoms with Crippen LogP contribution in [0.1, 0.15) is 50.2 Å². The maximum absolute atomic E-state index is 12.7. The summed E-state index contributed by atoms with van der Waals surface area (Å²) in [6, 6.07) is 5.66. The molecule has 1 aliphatic rings. The number of pyridine rings is 1. The van der Waals surface area contributed by atoms with Gasteiger partial charge in [0, 0.05) is 37.1 Å². The van der Waals surface area contributed by atoms with Crippen LogP contribution in [-0.4, -0.2) is 33.9 Å². The summed E-state index contributed by atoms with van der Waals surface area (Å²) in [7, 11) is 0. The first-order valence-corrected chi connectivity index (χ1v) is 9.43. The Hall–Kier alpha value is -2.50. The van der Waals surface area contributed by atoms with E-state index in [0.29, 0.717) is 6.42 Å². The van der Waals surface area contributed by atoms with E-state index < -0.39 is 0 Å². The van der Waals surface area contributed by atoms with Gasteiger partial charge in [-0.2, -0.15) is 0 Å². The van der Waals surface area contributed by atoms with Crippen LogP contribution in [0.5, 0.6) is 0 Å². The Morgan fingerprint density at radius 3 is 2.81 bits per heavy atom. The number of amides is 1. The molecule has 2 atom stereocenters. The summed E-state index contributed by atoms with van der Waals surface area (Å²) in [6.45, 7) is 7.97. The SMILES string of the molecule is CCN(CC)c1ncc2c(n1)CC[C@@H](C(=O)N[C@H](C)c1ccccn1)C2. The fraction of sp³-hybridized carbons (Fsp3) is 0.500. The number of carbonyl (C=O) groups is 1. The van der Waals surface area contributed by atoms with Crippen LogP contribution in [-0.2, 0) is 17.6 Å². The lowest BCUT2D eigenvalue weighted by Gasteiger charge is -2.26. The highest BCUT2D eigenvalue weighted by atomic mass is 16.1. The van der Waals surface area contributed by atoms with E-state index in [1.165, 1.54) is 0 Å². The summed E-state index contributed by atoms with van der Waals surface area (Å²) < 4.78 is 0. The van der Waals surface area contributed by atoms with Crippen molar-refractivity contribution in [2.45, 2.75) is 46.1 Å². The van der Waals surface area contributed by atoms with Crippen molar-refractivity contribution >= 4 is 11.9 Å². The van der Waals surface area contributed by atoms with Gasteiger partial charge in [0.2, 0.25) is 11.9 Å². The third kappa shape index (κ3) is 4.00. The Morgan fingerprint density at radius 2 is 2.12 bits per heavy atom. The van der Waals surface area contributed by atoms with Gasteiger partial charge in [-0.05, 0) is 57.7 Å². The van der Waals surface area contributed by atoms with Gasteiger partial charge in [0.15, 0.2) is 0 Å². The first-order valence-electron chi connectivity index (χ1n) is 9.43. The molecule has 2 aromatic rings. The number of aryl methyl sites for hydroxylation is 1. The zero-order valence-electron chi connectivity index (χ0n) is 15.8. The summed E-state index contributed by atoms with van der Waals surface area (Å²) in [6.07, 6.45) is 6.00. The molecule has 26 heavy (non-hydrogen) atoms. The standard InChI is InChI=1S/C20H27N5O/c1-4-25(5-2)20-22-13-16-12-15(9-10-18(16)24-20)19(26)23-14(3)17-8-6-7-11-21-17/h6-8,11,13-15H,4-5,9-10,12H2,1-3H3,(H,23,26)/t14-,15-/m1/s1. The number of nitrogens with one attached hydrogen (secondary N) is 1. The van der Waals surface area contributed by atoms with E-state index in [2.05, 4.69) is 34.0 Å². The van der Waals surface area contributed by atoms with Crippen molar-refractivity contribution < 1.29 is 4.79 Å². The van der Waals surface area contributed by atoms with Gasteiger partial charge in [-0.15, -0.1) is 0 Å². The maximum atomic E-state index is 12.7. The zero-order chi connectivity index (χ0) is 18.5. The third-order valence-electron chi connectivity index (χ3n) is 5.04. The number of hydrogen-bond donors (Lipinski definition) is 1. The Balaban J connectivity index is 1.65. The molecule has 6 heteroatoms. The van der Waals surface area contributed by atoms with Gasteiger partial charge >= 0.3 is 0 Å². The number of carbonyl (C=O) groups excluding carboxylic acids is 1. The second kappa shape index (κ2) is 8.25. The van der Waals surface area contributed by atoms with Crippen LogP contribution in [0.2, 0.25) is 0 Å². The van der Waals surface area contributed by atoms with Crippen LogP contribution in [0.3, 0.4) is 0 Å². The third-order valence-corrected chi connectivity index (χ3v) is 5.04. The van der Waals surface area contributed by atoms with E-state index in [0.717, 1.165) is 48.8 Å². The number of rotatable bonds is 6. The number of nitrogens with zero attached hydrogens (tertiary/aromatic N) is 4. The molecule has 0 aliphatic heterocycles. The fourth-order valence-corrected chi connectivity index (χ4v) is 3.42. The molecule has 0 bridgehead atoms. The van der Waals surface area contributed by atoms with E-state index in [4.69, 9.17) is 4.98 Å². The minimum atomic E-state index is -0.0913. The quantitative estimate of drug-likeness (QED) is 0.864. The Bertz CT molecular complexity index is 745. The van der Waals surface area contributed by atoms with Gasteiger partial charge in [-0.3, -0.25) is 9.78 Å². The molecule has 0 spiro atoms. The highest BCUT2D eigenvalue weighted by molar-refractivity contribution is 5.79. The number of fused-ring (bicyclic) bond motifs is 1. The van der Waals surface area contributed by atoms with Gasteiger partial charge < -0.3 is 10.2 Å². The van der Waals surface area contributed by atoms with Crippen molar-refractivity contribution in [3.05, 3.63) is 47.5 Å². The van der Waals surface area contributed by atoms with Gasteiger partial charge in [-0.25, -0.2) is 9.97 Å². The predicted octanol–water partition coefficient (Wildman–Crippen LogP) is 2.70. The summed E-state index contributed by atoms with van der Waals surface area (Å²) in [5.74, 6) is 0.846. The van der Waals surface area contributed by atoms with Crippen LogP contribution in [0, 0.1) is 5.92 Å². The molecule has 138 valence electrons. The molecule has 6 nitrogen and oxygen atoms in total. The maximum Gasteiger partial charge on any atom is 0.225 e. The summed E-state index contributed by atoms with van der Waals surface area (Å²) in [5.41, 5.74) is 3.06. The molecule has 1 aliphatic carbocycles. The molecule has 2 heterocycles. The molecule has 2 aromatic heterocycles. The summed E-state index contributed by atoms with van der Waals surface area (Å²) in [5, 5.41) is 3.09. The minimum Gasteiger partial charge on any atom is -0.348 e. The number of hydrogen-bond acceptors (Lipinski definition) is 5. The van der Waals surface area contributed by atoms with Gasteiger partial charge in [0.25, 0.3) is 0 Å². The minimum absolute atomic E-state index is 0.0310. The molecule has 0 unspecified atom stereocenters. The van der Waals surface area contributed by atoms with Gasteiger partial charge in [0.05, 0.1) is 11.7 Å². The number of anilines is 1. The predicted molar refractivity (Wildman–Crippen MR) is 102 cm³/mol. The van der Waals surface area contributed by atoms with E-state index >= 15 is 0 Å². The van der Waals surface area contributed by atoms with Crippen molar-refractivity contribution in [3.63, 3.8) is 0 Å². The van der Waals surface area contributed by atoms with Crippen molar-refractivity contribution in [2.75, 3.05) is 18.0 Å². The van der Waals surface area contributed by atoms with Crippen molar-refractivity contribution in [1.82, 2.24) is 20.3 Å². The Labute approximate surface area is 155 Å². The second-order valence-electron chi connectivity index (χ2n) is 6.74. The van der Waals surface area contributed by atoms with E-state index in [1.54, 1.807) is 6.20 Å². The lowest BCUT2D eigenvalue weighted by molar-refractivity contribution is -0.126. The van der Waals surface area contributed by atoms with Crippen LogP contribution in [0.25, 0.3) is 0 Å². The number of aromatic nitrogens is 3. The lowest BCUT2D eigenvalue weighted by atomic mass is 9.86. The van der Waals surface area contributed by atoms with Crippen molar-refractivity contribution in [3.8, 4) is 0 Å². The molecule has 0 saturated heterocycles. The van der Waals surface area contributed by atoms with Crippen molar-refractivity contribution in [1.29, 1.82) is 0 Å². The molecular formula is C20H27N5O. The monoisotopic (exact) mass is 353 g/mol.